The molecule has 0 radical (unpaired) electrons. The second kappa shape index (κ2) is 4.57. The van der Waals surface area contributed by atoms with E-state index in [4.69, 9.17) is 0 Å². The molecule has 2 N–H and O–H groups in total. The van der Waals surface area contributed by atoms with Crippen molar-refractivity contribution in [2.45, 2.75) is 26.3 Å². The highest BCUT2D eigenvalue weighted by atomic mass is 16.2. The molecule has 1 aromatic heterocycles. The van der Waals surface area contributed by atoms with E-state index in [1.165, 1.54) is 17.9 Å². The average molecular weight is 238 g/mol. The van der Waals surface area contributed by atoms with Crippen molar-refractivity contribution in [3.63, 3.8) is 0 Å². The number of rotatable bonds is 2. The first-order valence-corrected chi connectivity index (χ1v) is 5.33. The van der Waals surface area contributed by atoms with Crippen LogP contribution in [0.15, 0.2) is 6.20 Å². The standard InChI is InChI=1S/C11H18N4O2/c1-11(2,3)13-10(17)8-7(9(16)12-4)6-15(5)14-8/h6H,1-5H3,(H,12,16)(H,13,17). The Morgan fingerprint density at radius 1 is 1.29 bits per heavy atom. The fraction of sp³-hybridized carbons (Fsp3) is 0.545. The molecule has 0 aliphatic carbocycles. The molecule has 0 atom stereocenters. The van der Waals surface area contributed by atoms with E-state index in [0.29, 0.717) is 0 Å². The highest BCUT2D eigenvalue weighted by molar-refractivity contribution is 6.05. The van der Waals surface area contributed by atoms with Crippen LogP contribution < -0.4 is 10.6 Å². The van der Waals surface area contributed by atoms with E-state index < -0.39 is 0 Å². The Balaban J connectivity index is 3.05. The molecular weight excluding hydrogens is 220 g/mol. The molecule has 17 heavy (non-hydrogen) atoms. The lowest BCUT2D eigenvalue weighted by Crippen LogP contribution is -2.41. The first-order chi connectivity index (χ1) is 7.74. The second-order valence-electron chi connectivity index (χ2n) is 4.85. The molecule has 6 nitrogen and oxygen atoms in total. The zero-order valence-electron chi connectivity index (χ0n) is 10.8. The molecule has 0 spiro atoms. The molecule has 94 valence electrons. The van der Waals surface area contributed by atoms with Gasteiger partial charge in [0, 0.05) is 25.8 Å². The van der Waals surface area contributed by atoms with Crippen LogP contribution in [0.1, 0.15) is 41.6 Å². The van der Waals surface area contributed by atoms with Crippen molar-refractivity contribution in [1.82, 2.24) is 20.4 Å². The van der Waals surface area contributed by atoms with Crippen LogP contribution in [0.4, 0.5) is 0 Å². The van der Waals surface area contributed by atoms with Crippen LogP contribution in [0.5, 0.6) is 0 Å². The topological polar surface area (TPSA) is 76.0 Å². The fourth-order valence-corrected chi connectivity index (χ4v) is 1.36. The van der Waals surface area contributed by atoms with E-state index in [1.807, 2.05) is 20.8 Å². The quantitative estimate of drug-likeness (QED) is 0.778. The van der Waals surface area contributed by atoms with Gasteiger partial charge in [-0.1, -0.05) is 0 Å². The molecule has 6 heteroatoms. The minimum absolute atomic E-state index is 0.141. The van der Waals surface area contributed by atoms with Gasteiger partial charge in [0.25, 0.3) is 11.8 Å². The van der Waals surface area contributed by atoms with Crippen LogP contribution >= 0.6 is 0 Å². The van der Waals surface area contributed by atoms with Crippen molar-refractivity contribution in [3.05, 3.63) is 17.5 Å². The van der Waals surface area contributed by atoms with Crippen molar-refractivity contribution in [2.24, 2.45) is 7.05 Å². The number of carbonyl (C=O) groups is 2. The van der Waals surface area contributed by atoms with Crippen LogP contribution in [0, 0.1) is 0 Å². The minimum Gasteiger partial charge on any atom is -0.355 e. The van der Waals surface area contributed by atoms with Crippen molar-refractivity contribution in [1.29, 1.82) is 0 Å². The number of aryl methyl sites for hydroxylation is 1. The van der Waals surface area contributed by atoms with Crippen molar-refractivity contribution in [2.75, 3.05) is 7.05 Å². The molecule has 0 aromatic carbocycles. The van der Waals surface area contributed by atoms with Gasteiger partial charge in [0.2, 0.25) is 0 Å². The van der Waals surface area contributed by atoms with E-state index in [9.17, 15) is 9.59 Å². The van der Waals surface area contributed by atoms with Gasteiger partial charge in [-0.3, -0.25) is 14.3 Å². The van der Waals surface area contributed by atoms with E-state index in [-0.39, 0.29) is 28.6 Å². The Morgan fingerprint density at radius 2 is 1.88 bits per heavy atom. The predicted octanol–water partition coefficient (Wildman–Crippen LogP) is 0.308. The monoisotopic (exact) mass is 238 g/mol. The summed E-state index contributed by atoms with van der Waals surface area (Å²) in [5.41, 5.74) is 0.0488. The Labute approximate surface area is 100 Å². The van der Waals surface area contributed by atoms with Crippen LogP contribution in [0.25, 0.3) is 0 Å². The number of hydrogen-bond donors (Lipinski definition) is 2. The Morgan fingerprint density at radius 3 is 2.35 bits per heavy atom. The number of amides is 2. The summed E-state index contributed by atoms with van der Waals surface area (Å²) in [4.78, 5) is 23.5. The molecule has 1 rings (SSSR count). The van der Waals surface area contributed by atoms with Gasteiger partial charge in [0.15, 0.2) is 5.69 Å². The summed E-state index contributed by atoms with van der Waals surface area (Å²) in [5.74, 6) is -0.672. The largest absolute Gasteiger partial charge is 0.355 e. The maximum Gasteiger partial charge on any atom is 0.273 e. The van der Waals surface area contributed by atoms with Gasteiger partial charge in [0.1, 0.15) is 0 Å². The van der Waals surface area contributed by atoms with Crippen LogP contribution in [-0.4, -0.2) is 34.2 Å². The lowest BCUT2D eigenvalue weighted by atomic mass is 10.1. The lowest BCUT2D eigenvalue weighted by Gasteiger charge is -2.19. The summed E-state index contributed by atoms with van der Waals surface area (Å²) in [6.07, 6.45) is 1.52. The fourth-order valence-electron chi connectivity index (χ4n) is 1.36. The number of hydrogen-bond acceptors (Lipinski definition) is 3. The van der Waals surface area contributed by atoms with Crippen molar-refractivity contribution in [3.8, 4) is 0 Å². The zero-order chi connectivity index (χ0) is 13.2. The first kappa shape index (κ1) is 13.2. The molecule has 2 amide bonds. The summed E-state index contributed by atoms with van der Waals surface area (Å²) < 4.78 is 1.45. The third-order valence-corrected chi connectivity index (χ3v) is 2.00. The lowest BCUT2D eigenvalue weighted by molar-refractivity contribution is 0.0896. The SMILES string of the molecule is CNC(=O)c1cn(C)nc1C(=O)NC(C)(C)C. The average Bonchev–Trinajstić information content (AvgIpc) is 2.56. The summed E-state index contributed by atoms with van der Waals surface area (Å²) >= 11 is 0. The molecule has 0 aliphatic heterocycles. The molecule has 0 unspecified atom stereocenters. The maximum absolute atomic E-state index is 11.9. The summed E-state index contributed by atoms with van der Waals surface area (Å²) in [6, 6.07) is 0. The van der Waals surface area contributed by atoms with E-state index in [2.05, 4.69) is 15.7 Å². The number of aromatic nitrogens is 2. The van der Waals surface area contributed by atoms with Gasteiger partial charge in [-0.25, -0.2) is 0 Å². The second-order valence-corrected chi connectivity index (χ2v) is 4.85. The van der Waals surface area contributed by atoms with Crippen LogP contribution in [0.2, 0.25) is 0 Å². The van der Waals surface area contributed by atoms with Gasteiger partial charge < -0.3 is 10.6 Å². The minimum atomic E-state index is -0.367. The van der Waals surface area contributed by atoms with Crippen molar-refractivity contribution >= 4 is 11.8 Å². The van der Waals surface area contributed by atoms with Crippen LogP contribution in [-0.2, 0) is 7.05 Å². The zero-order valence-corrected chi connectivity index (χ0v) is 10.8. The molecule has 0 saturated heterocycles. The first-order valence-electron chi connectivity index (χ1n) is 5.33. The molecule has 1 heterocycles. The summed E-state index contributed by atoms with van der Waals surface area (Å²) in [5, 5.41) is 9.26. The van der Waals surface area contributed by atoms with Gasteiger partial charge in [0.05, 0.1) is 5.56 Å². The number of nitrogens with zero attached hydrogens (tertiary/aromatic N) is 2. The smallest absolute Gasteiger partial charge is 0.273 e. The molecule has 1 aromatic rings. The third-order valence-electron chi connectivity index (χ3n) is 2.00. The number of nitrogens with one attached hydrogen (secondary N) is 2. The predicted molar refractivity (Wildman–Crippen MR) is 63.8 cm³/mol. The van der Waals surface area contributed by atoms with E-state index in [0.717, 1.165) is 0 Å². The summed E-state index contributed by atoms with van der Waals surface area (Å²) in [6.45, 7) is 5.61. The number of carbonyl (C=O) groups excluding carboxylic acids is 2. The normalized spacial score (nSPS) is 11.1. The maximum atomic E-state index is 11.9. The van der Waals surface area contributed by atoms with Gasteiger partial charge >= 0.3 is 0 Å². The Bertz CT molecular complexity index is 443. The molecule has 0 fully saturated rings. The van der Waals surface area contributed by atoms with Gasteiger partial charge in [-0.2, -0.15) is 5.10 Å². The Hall–Kier alpha value is -1.85. The summed E-state index contributed by atoms with van der Waals surface area (Å²) in [7, 11) is 3.18. The van der Waals surface area contributed by atoms with Crippen molar-refractivity contribution < 1.29 is 9.59 Å². The van der Waals surface area contributed by atoms with E-state index in [1.54, 1.807) is 7.05 Å². The molecule has 0 aliphatic rings. The van der Waals surface area contributed by atoms with Crippen LogP contribution in [0.3, 0.4) is 0 Å². The Kier molecular flexibility index (Phi) is 3.55. The molecular formula is C11H18N4O2. The molecule has 0 bridgehead atoms. The third kappa shape index (κ3) is 3.30. The van der Waals surface area contributed by atoms with E-state index >= 15 is 0 Å². The highest BCUT2D eigenvalue weighted by Gasteiger charge is 2.23. The molecule has 0 saturated carbocycles. The van der Waals surface area contributed by atoms with Gasteiger partial charge in [-0.15, -0.1) is 0 Å². The highest BCUT2D eigenvalue weighted by Crippen LogP contribution is 2.08. The van der Waals surface area contributed by atoms with Gasteiger partial charge in [-0.05, 0) is 20.8 Å².